The summed E-state index contributed by atoms with van der Waals surface area (Å²) >= 11 is 0. The Morgan fingerprint density at radius 3 is 1.48 bits per heavy atom. The lowest BCUT2D eigenvalue weighted by Gasteiger charge is -2.40. The molecule has 10 heteroatoms. The summed E-state index contributed by atoms with van der Waals surface area (Å²) in [6.07, 6.45) is 15.7. The van der Waals surface area contributed by atoms with Gasteiger partial charge >= 0.3 is 0 Å². The van der Waals surface area contributed by atoms with Crippen LogP contribution in [0, 0.1) is 11.8 Å². The molecule has 0 bridgehead atoms. The van der Waals surface area contributed by atoms with E-state index in [1.54, 1.807) is 0 Å². The third-order valence-electron chi connectivity index (χ3n) is 10.1. The van der Waals surface area contributed by atoms with E-state index in [2.05, 4.69) is 33.0 Å². The van der Waals surface area contributed by atoms with Crippen LogP contribution in [0.3, 0.4) is 0 Å². The van der Waals surface area contributed by atoms with E-state index in [-0.39, 0.29) is 13.0 Å². The molecule has 1 rings (SSSR count). The molecule has 1 aliphatic heterocycles. The largest absolute Gasteiger partial charge is 0.394 e. The minimum Gasteiger partial charge on any atom is -0.394 e. The van der Waals surface area contributed by atoms with Crippen molar-refractivity contribution in [3.8, 4) is 0 Å². The first kappa shape index (κ1) is 47.2. The Balaban J connectivity index is 2.46. The van der Waals surface area contributed by atoms with Gasteiger partial charge in [-0.05, 0) is 24.7 Å². The van der Waals surface area contributed by atoms with Crippen molar-refractivity contribution in [2.75, 3.05) is 13.2 Å². The number of ether oxygens (including phenoxy) is 2. The van der Waals surface area contributed by atoms with Crippen molar-refractivity contribution < 1.29 is 44.9 Å². The lowest BCUT2D eigenvalue weighted by atomic mass is 9.99. The van der Waals surface area contributed by atoms with Crippen LogP contribution in [0.15, 0.2) is 0 Å². The van der Waals surface area contributed by atoms with Crippen molar-refractivity contribution in [1.82, 2.24) is 5.32 Å². The maximum atomic E-state index is 12.9. The van der Waals surface area contributed by atoms with Crippen LogP contribution in [-0.4, -0.2) is 98.7 Å². The number of hydrogen-bond donors (Lipinski definition) is 7. The average Bonchev–Trinajstić information content (AvgIpc) is 3.07. The molecule has 1 heterocycles. The van der Waals surface area contributed by atoms with Crippen molar-refractivity contribution in [2.45, 2.75) is 224 Å². The first-order valence-corrected chi connectivity index (χ1v) is 20.5. The minimum absolute atomic E-state index is 0.0862. The molecule has 8 atom stereocenters. The van der Waals surface area contributed by atoms with Gasteiger partial charge in [0, 0.05) is 0 Å². The molecule has 1 saturated heterocycles. The SMILES string of the molecule is CC(C)CCCCCCCCCCC[C@@H](O)CC(=O)N[C@@H](CO[C@H]1OC(CO)[C@H](O)C(O)C1O)[C@H](O)CCCCCCCCCCCC(C)C. The van der Waals surface area contributed by atoms with Crippen molar-refractivity contribution in [3.05, 3.63) is 0 Å². The van der Waals surface area contributed by atoms with Crippen LogP contribution in [0.1, 0.15) is 175 Å². The summed E-state index contributed by atoms with van der Waals surface area (Å²) < 4.78 is 11.2. The van der Waals surface area contributed by atoms with E-state index < -0.39 is 61.5 Å². The fourth-order valence-electron chi connectivity index (χ4n) is 6.75. The van der Waals surface area contributed by atoms with E-state index in [4.69, 9.17) is 9.47 Å². The second-order valence-corrected chi connectivity index (χ2v) is 15.9. The van der Waals surface area contributed by atoms with E-state index in [0.29, 0.717) is 12.8 Å². The van der Waals surface area contributed by atoms with E-state index in [0.717, 1.165) is 56.8 Å². The second kappa shape index (κ2) is 29.6. The van der Waals surface area contributed by atoms with Crippen LogP contribution in [-0.2, 0) is 14.3 Å². The molecular formula is C40H79NO9. The van der Waals surface area contributed by atoms with E-state index in [1.165, 1.54) is 83.5 Å². The molecule has 0 saturated carbocycles. The topological polar surface area (TPSA) is 169 Å². The number of aliphatic hydroxyl groups excluding tert-OH is 6. The number of hydrogen-bond acceptors (Lipinski definition) is 9. The molecule has 3 unspecified atom stereocenters. The van der Waals surface area contributed by atoms with E-state index >= 15 is 0 Å². The van der Waals surface area contributed by atoms with Gasteiger partial charge in [-0.1, -0.05) is 156 Å². The predicted octanol–water partition coefficient (Wildman–Crippen LogP) is 6.29. The minimum atomic E-state index is -1.58. The number of carbonyl (C=O) groups excluding carboxylic acids is 1. The molecule has 0 aliphatic carbocycles. The Bertz CT molecular complexity index is 799. The Hall–Kier alpha value is -0.850. The highest BCUT2D eigenvalue weighted by atomic mass is 16.7. The van der Waals surface area contributed by atoms with Gasteiger partial charge in [0.15, 0.2) is 6.29 Å². The van der Waals surface area contributed by atoms with Crippen molar-refractivity contribution in [1.29, 1.82) is 0 Å². The summed E-state index contributed by atoms with van der Waals surface area (Å²) in [6, 6.07) is -0.835. The monoisotopic (exact) mass is 718 g/mol. The van der Waals surface area contributed by atoms with Gasteiger partial charge in [0.25, 0.3) is 0 Å². The lowest BCUT2D eigenvalue weighted by molar-refractivity contribution is -0.302. The first-order chi connectivity index (χ1) is 24.0. The molecule has 1 aliphatic rings. The summed E-state index contributed by atoms with van der Waals surface area (Å²) in [7, 11) is 0. The number of rotatable bonds is 32. The van der Waals surface area contributed by atoms with Gasteiger partial charge in [-0.15, -0.1) is 0 Å². The third-order valence-corrected chi connectivity index (χ3v) is 10.1. The zero-order valence-corrected chi connectivity index (χ0v) is 32.4. The Morgan fingerprint density at radius 2 is 1.04 bits per heavy atom. The molecule has 0 aromatic carbocycles. The number of amides is 1. The fraction of sp³-hybridized carbons (Fsp3) is 0.975. The predicted molar refractivity (Wildman–Crippen MR) is 200 cm³/mol. The van der Waals surface area contributed by atoms with Gasteiger partial charge in [0.2, 0.25) is 5.91 Å². The van der Waals surface area contributed by atoms with Crippen LogP contribution in [0.2, 0.25) is 0 Å². The Labute approximate surface area is 305 Å². The summed E-state index contributed by atoms with van der Waals surface area (Å²) in [5.74, 6) is 1.17. The van der Waals surface area contributed by atoms with Crippen LogP contribution in [0.5, 0.6) is 0 Å². The maximum absolute atomic E-state index is 12.9. The molecule has 298 valence electrons. The molecule has 7 N–H and O–H groups in total. The highest BCUT2D eigenvalue weighted by molar-refractivity contribution is 5.76. The quantitative estimate of drug-likeness (QED) is 0.0395. The molecule has 1 fully saturated rings. The summed E-state index contributed by atoms with van der Waals surface area (Å²) in [5, 5.41) is 64.5. The van der Waals surface area contributed by atoms with Gasteiger partial charge in [-0.2, -0.15) is 0 Å². The summed E-state index contributed by atoms with van der Waals surface area (Å²) in [5.41, 5.74) is 0. The van der Waals surface area contributed by atoms with Crippen LogP contribution < -0.4 is 5.32 Å². The number of aliphatic hydroxyl groups is 6. The summed E-state index contributed by atoms with van der Waals surface area (Å²) in [4.78, 5) is 12.9. The molecule has 50 heavy (non-hydrogen) atoms. The molecular weight excluding hydrogens is 638 g/mol. The lowest BCUT2D eigenvalue weighted by Crippen LogP contribution is -2.60. The van der Waals surface area contributed by atoms with Crippen LogP contribution in [0.4, 0.5) is 0 Å². The van der Waals surface area contributed by atoms with Gasteiger partial charge in [-0.25, -0.2) is 0 Å². The number of unbranched alkanes of at least 4 members (excludes halogenated alkanes) is 16. The molecule has 1 amide bonds. The Kier molecular flexibility index (Phi) is 27.9. The Morgan fingerprint density at radius 1 is 0.620 bits per heavy atom. The normalized spacial score (nSPS) is 23.0. The number of carbonyl (C=O) groups is 1. The first-order valence-electron chi connectivity index (χ1n) is 20.5. The molecule has 0 aromatic heterocycles. The van der Waals surface area contributed by atoms with Crippen molar-refractivity contribution >= 4 is 5.91 Å². The molecule has 0 spiro atoms. The number of nitrogens with one attached hydrogen (secondary N) is 1. The van der Waals surface area contributed by atoms with Crippen molar-refractivity contribution in [3.63, 3.8) is 0 Å². The molecule has 10 nitrogen and oxygen atoms in total. The summed E-state index contributed by atoms with van der Waals surface area (Å²) in [6.45, 7) is 8.29. The van der Waals surface area contributed by atoms with Gasteiger partial charge < -0.3 is 45.4 Å². The zero-order valence-electron chi connectivity index (χ0n) is 32.4. The standard InChI is InChI=1S/C40H79NO9/c1-30(2)23-19-15-11-7-5-9-13-17-21-25-32(43)27-36(45)41-33(29-49-40-39(48)38(47)37(46)35(28-42)50-40)34(44)26-22-18-14-10-6-8-12-16-20-24-31(3)4/h30-35,37-40,42-44,46-48H,5-29H2,1-4H3,(H,41,45)/t32-,33+,34-,35?,37+,38?,39?,40+/m1/s1. The molecule has 0 aromatic rings. The van der Waals surface area contributed by atoms with Crippen molar-refractivity contribution in [2.24, 2.45) is 11.8 Å². The smallest absolute Gasteiger partial charge is 0.222 e. The highest BCUT2D eigenvalue weighted by Gasteiger charge is 2.44. The van der Waals surface area contributed by atoms with Gasteiger partial charge in [0.1, 0.15) is 24.4 Å². The highest BCUT2D eigenvalue weighted by Crippen LogP contribution is 2.23. The van der Waals surface area contributed by atoms with Crippen LogP contribution >= 0.6 is 0 Å². The second-order valence-electron chi connectivity index (χ2n) is 15.9. The fourth-order valence-corrected chi connectivity index (χ4v) is 6.75. The van der Waals surface area contributed by atoms with Gasteiger partial charge in [0.05, 0.1) is 37.9 Å². The van der Waals surface area contributed by atoms with E-state index in [9.17, 15) is 35.4 Å². The van der Waals surface area contributed by atoms with E-state index in [1.807, 2.05) is 0 Å². The molecule has 0 radical (unpaired) electrons. The maximum Gasteiger partial charge on any atom is 0.222 e. The van der Waals surface area contributed by atoms with Crippen LogP contribution in [0.25, 0.3) is 0 Å². The van der Waals surface area contributed by atoms with Gasteiger partial charge in [-0.3, -0.25) is 4.79 Å². The third kappa shape index (κ3) is 22.9. The zero-order chi connectivity index (χ0) is 37.1. The average molecular weight is 718 g/mol.